The average molecular weight is 338 g/mol. The third-order valence-corrected chi connectivity index (χ3v) is 4.37. The molecular formula is C22H43NO. The lowest BCUT2D eigenvalue weighted by atomic mass is 10.1. The molecule has 0 radical (unpaired) electrons. The van der Waals surface area contributed by atoms with Crippen molar-refractivity contribution in [3.05, 3.63) is 12.2 Å². The van der Waals surface area contributed by atoms with Crippen molar-refractivity contribution in [1.82, 2.24) is 5.32 Å². The van der Waals surface area contributed by atoms with Crippen molar-refractivity contribution in [2.24, 2.45) is 5.92 Å². The number of hydrogen-bond acceptors (Lipinski definition) is 1. The lowest BCUT2D eigenvalue weighted by Crippen LogP contribution is -2.26. The molecule has 0 saturated carbocycles. The number of carbonyl (C=O) groups is 1. The summed E-state index contributed by atoms with van der Waals surface area (Å²) < 4.78 is 0. The Labute approximate surface area is 151 Å². The normalized spacial score (nSPS) is 11.5. The van der Waals surface area contributed by atoms with Gasteiger partial charge in [0.15, 0.2) is 0 Å². The van der Waals surface area contributed by atoms with Crippen LogP contribution in [0.4, 0.5) is 0 Å². The standard InChI is InChI=1S/C22H43NO/c1-4-5-6-7-8-9-10-11-12-13-14-15-16-17-18-19-22(24)23-20-21(2)3/h11-12,21H,4-10,13-20H2,1-3H3,(H,23,24)/b12-11+. The average Bonchev–Trinajstić information content (AvgIpc) is 2.56. The van der Waals surface area contributed by atoms with Crippen LogP contribution in [0.3, 0.4) is 0 Å². The zero-order valence-corrected chi connectivity index (χ0v) is 16.7. The predicted molar refractivity (Wildman–Crippen MR) is 107 cm³/mol. The van der Waals surface area contributed by atoms with E-state index in [2.05, 4.69) is 38.2 Å². The lowest BCUT2D eigenvalue weighted by molar-refractivity contribution is -0.121. The number of hydrogen-bond donors (Lipinski definition) is 1. The van der Waals surface area contributed by atoms with Crippen LogP contribution in [0.1, 0.15) is 111 Å². The smallest absolute Gasteiger partial charge is 0.220 e. The Bertz CT molecular complexity index is 296. The molecule has 0 fully saturated rings. The van der Waals surface area contributed by atoms with Crippen LogP contribution in [0.25, 0.3) is 0 Å². The molecule has 0 rings (SSSR count). The van der Waals surface area contributed by atoms with Crippen LogP contribution >= 0.6 is 0 Å². The molecule has 0 aliphatic rings. The van der Waals surface area contributed by atoms with Gasteiger partial charge in [0.25, 0.3) is 0 Å². The van der Waals surface area contributed by atoms with Crippen molar-refractivity contribution in [1.29, 1.82) is 0 Å². The van der Waals surface area contributed by atoms with Crippen molar-refractivity contribution in [2.45, 2.75) is 111 Å². The van der Waals surface area contributed by atoms with E-state index in [1.54, 1.807) is 0 Å². The van der Waals surface area contributed by atoms with E-state index in [1.165, 1.54) is 77.0 Å². The first-order valence-electron chi connectivity index (χ1n) is 10.6. The van der Waals surface area contributed by atoms with Crippen LogP contribution in [0.15, 0.2) is 12.2 Å². The third-order valence-electron chi connectivity index (χ3n) is 4.37. The summed E-state index contributed by atoms with van der Waals surface area (Å²) in [6.45, 7) is 7.34. The molecule has 0 aromatic rings. The monoisotopic (exact) mass is 337 g/mol. The minimum atomic E-state index is 0.223. The Morgan fingerprint density at radius 3 is 1.83 bits per heavy atom. The molecule has 24 heavy (non-hydrogen) atoms. The maximum Gasteiger partial charge on any atom is 0.220 e. The number of nitrogens with one attached hydrogen (secondary N) is 1. The first-order chi connectivity index (χ1) is 11.7. The number of allylic oxidation sites excluding steroid dienone is 2. The van der Waals surface area contributed by atoms with Gasteiger partial charge in [-0.05, 0) is 38.0 Å². The largest absolute Gasteiger partial charge is 0.356 e. The third kappa shape index (κ3) is 19.3. The Morgan fingerprint density at radius 2 is 1.29 bits per heavy atom. The molecule has 0 aliphatic heterocycles. The number of rotatable bonds is 17. The molecule has 0 spiro atoms. The summed E-state index contributed by atoms with van der Waals surface area (Å²) in [5.41, 5.74) is 0. The topological polar surface area (TPSA) is 29.1 Å². The first-order valence-corrected chi connectivity index (χ1v) is 10.6. The molecule has 1 N–H and O–H groups in total. The molecule has 0 aromatic carbocycles. The summed E-state index contributed by atoms with van der Waals surface area (Å²) in [6, 6.07) is 0. The second-order valence-corrected chi connectivity index (χ2v) is 7.53. The molecule has 0 bridgehead atoms. The van der Waals surface area contributed by atoms with Gasteiger partial charge >= 0.3 is 0 Å². The number of amides is 1. The van der Waals surface area contributed by atoms with E-state index in [9.17, 15) is 4.79 Å². The van der Waals surface area contributed by atoms with Gasteiger partial charge in [0.2, 0.25) is 5.91 Å². The zero-order valence-electron chi connectivity index (χ0n) is 16.7. The molecule has 142 valence electrons. The SMILES string of the molecule is CCCCCCCC/C=C/CCCCCCCC(=O)NCC(C)C. The van der Waals surface area contributed by atoms with Crippen LogP contribution in [-0.4, -0.2) is 12.5 Å². The highest BCUT2D eigenvalue weighted by Crippen LogP contribution is 2.09. The fourth-order valence-corrected chi connectivity index (χ4v) is 2.76. The highest BCUT2D eigenvalue weighted by atomic mass is 16.1. The van der Waals surface area contributed by atoms with E-state index in [4.69, 9.17) is 0 Å². The highest BCUT2D eigenvalue weighted by Gasteiger charge is 2.01. The van der Waals surface area contributed by atoms with Crippen molar-refractivity contribution < 1.29 is 4.79 Å². The van der Waals surface area contributed by atoms with E-state index in [0.717, 1.165) is 13.0 Å². The second kappa shape index (κ2) is 18.5. The zero-order chi connectivity index (χ0) is 17.9. The second-order valence-electron chi connectivity index (χ2n) is 7.53. The Kier molecular flexibility index (Phi) is 17.9. The van der Waals surface area contributed by atoms with Gasteiger partial charge in [-0.25, -0.2) is 0 Å². The van der Waals surface area contributed by atoms with Crippen molar-refractivity contribution in [3.63, 3.8) is 0 Å². The summed E-state index contributed by atoms with van der Waals surface area (Å²) in [5.74, 6) is 0.768. The number of unbranched alkanes of at least 4 members (excludes halogenated alkanes) is 11. The summed E-state index contributed by atoms with van der Waals surface area (Å²) in [6.07, 6.45) is 22.4. The van der Waals surface area contributed by atoms with Crippen LogP contribution < -0.4 is 5.32 Å². The first kappa shape index (κ1) is 23.2. The Balaban J connectivity index is 3.19. The van der Waals surface area contributed by atoms with Crippen LogP contribution in [0, 0.1) is 5.92 Å². The van der Waals surface area contributed by atoms with Gasteiger partial charge in [-0.1, -0.05) is 84.3 Å². The fraction of sp³-hybridized carbons (Fsp3) is 0.864. The molecule has 2 nitrogen and oxygen atoms in total. The van der Waals surface area contributed by atoms with E-state index in [-0.39, 0.29) is 5.91 Å². The fourth-order valence-electron chi connectivity index (χ4n) is 2.76. The van der Waals surface area contributed by atoms with Gasteiger partial charge in [0.05, 0.1) is 0 Å². The van der Waals surface area contributed by atoms with Gasteiger partial charge in [-0.3, -0.25) is 4.79 Å². The van der Waals surface area contributed by atoms with Gasteiger partial charge in [0.1, 0.15) is 0 Å². The van der Waals surface area contributed by atoms with E-state index >= 15 is 0 Å². The van der Waals surface area contributed by atoms with Crippen LogP contribution in [0.2, 0.25) is 0 Å². The number of carbonyl (C=O) groups excluding carboxylic acids is 1. The molecular weight excluding hydrogens is 294 g/mol. The van der Waals surface area contributed by atoms with Gasteiger partial charge in [0, 0.05) is 13.0 Å². The molecule has 0 aromatic heterocycles. The summed E-state index contributed by atoms with van der Waals surface area (Å²) >= 11 is 0. The molecule has 0 aliphatic carbocycles. The minimum Gasteiger partial charge on any atom is -0.356 e. The van der Waals surface area contributed by atoms with Gasteiger partial charge < -0.3 is 5.32 Å². The van der Waals surface area contributed by atoms with Crippen molar-refractivity contribution in [3.8, 4) is 0 Å². The van der Waals surface area contributed by atoms with Crippen LogP contribution in [0.5, 0.6) is 0 Å². The predicted octanol–water partition coefficient (Wildman–Crippen LogP) is 6.80. The van der Waals surface area contributed by atoms with E-state index in [0.29, 0.717) is 12.3 Å². The molecule has 0 atom stereocenters. The molecule has 1 amide bonds. The maximum atomic E-state index is 11.6. The van der Waals surface area contributed by atoms with E-state index in [1.807, 2.05) is 0 Å². The lowest BCUT2D eigenvalue weighted by Gasteiger charge is -2.07. The quantitative estimate of drug-likeness (QED) is 0.229. The van der Waals surface area contributed by atoms with Crippen molar-refractivity contribution in [2.75, 3.05) is 6.54 Å². The summed E-state index contributed by atoms with van der Waals surface area (Å²) in [4.78, 5) is 11.6. The van der Waals surface area contributed by atoms with Gasteiger partial charge in [-0.2, -0.15) is 0 Å². The Hall–Kier alpha value is -0.790. The summed E-state index contributed by atoms with van der Waals surface area (Å²) in [5, 5.41) is 2.98. The Morgan fingerprint density at radius 1 is 0.792 bits per heavy atom. The minimum absolute atomic E-state index is 0.223. The summed E-state index contributed by atoms with van der Waals surface area (Å²) in [7, 11) is 0. The van der Waals surface area contributed by atoms with Crippen molar-refractivity contribution >= 4 is 5.91 Å². The highest BCUT2D eigenvalue weighted by molar-refractivity contribution is 5.75. The molecule has 0 saturated heterocycles. The van der Waals surface area contributed by atoms with Gasteiger partial charge in [-0.15, -0.1) is 0 Å². The molecule has 2 heteroatoms. The molecule has 0 heterocycles. The van der Waals surface area contributed by atoms with Crippen LogP contribution in [-0.2, 0) is 4.79 Å². The maximum absolute atomic E-state index is 11.6. The van der Waals surface area contributed by atoms with E-state index < -0.39 is 0 Å². The molecule has 0 unspecified atom stereocenters.